The maximum atomic E-state index is 9.06. The lowest BCUT2D eigenvalue weighted by Gasteiger charge is -2.09. The van der Waals surface area contributed by atoms with Gasteiger partial charge in [0.2, 0.25) is 0 Å². The van der Waals surface area contributed by atoms with Crippen molar-refractivity contribution in [3.63, 3.8) is 0 Å². The van der Waals surface area contributed by atoms with Crippen LogP contribution in [0.25, 0.3) is 0 Å². The molecule has 0 bridgehead atoms. The molecule has 1 aromatic heterocycles. The second-order valence-electron chi connectivity index (χ2n) is 3.42. The van der Waals surface area contributed by atoms with Crippen molar-refractivity contribution in [1.29, 1.82) is 0 Å². The van der Waals surface area contributed by atoms with Gasteiger partial charge in [-0.15, -0.1) is 5.10 Å². The van der Waals surface area contributed by atoms with Crippen molar-refractivity contribution in [2.45, 2.75) is 32.9 Å². The first kappa shape index (κ1) is 11.1. The molecular formula is C9H17N3O2. The highest BCUT2D eigenvalue weighted by atomic mass is 16.5. The van der Waals surface area contributed by atoms with Crippen molar-refractivity contribution >= 4 is 0 Å². The second-order valence-corrected chi connectivity index (χ2v) is 3.42. The van der Waals surface area contributed by atoms with E-state index in [9.17, 15) is 0 Å². The van der Waals surface area contributed by atoms with Gasteiger partial charge in [-0.1, -0.05) is 5.21 Å². The van der Waals surface area contributed by atoms with Gasteiger partial charge in [-0.3, -0.25) is 0 Å². The summed E-state index contributed by atoms with van der Waals surface area (Å²) in [5.41, 5.74) is 1.61. The minimum atomic E-state index is -0.0637. The quantitative estimate of drug-likeness (QED) is 0.752. The fourth-order valence-electron chi connectivity index (χ4n) is 1.34. The highest BCUT2D eigenvalue weighted by molar-refractivity contribution is 5.10. The molecule has 80 valence electrons. The Balaban J connectivity index is 2.88. The van der Waals surface area contributed by atoms with Crippen LogP contribution >= 0.6 is 0 Å². The van der Waals surface area contributed by atoms with Crippen molar-refractivity contribution in [3.05, 3.63) is 11.4 Å². The van der Waals surface area contributed by atoms with Crippen LogP contribution in [0.3, 0.4) is 0 Å². The van der Waals surface area contributed by atoms with Crippen LogP contribution in [0, 0.1) is 0 Å². The molecule has 5 nitrogen and oxygen atoms in total. The number of nitrogens with zero attached hydrogens (tertiary/aromatic N) is 3. The second kappa shape index (κ2) is 5.07. The zero-order valence-corrected chi connectivity index (χ0v) is 8.90. The molecule has 0 spiro atoms. The number of methoxy groups -OCH3 is 1. The normalized spacial score (nSPS) is 11.2. The molecule has 0 fully saturated rings. The van der Waals surface area contributed by atoms with Crippen LogP contribution in [0.4, 0.5) is 0 Å². The molecular weight excluding hydrogens is 182 g/mol. The molecule has 0 saturated heterocycles. The number of hydrogen-bond acceptors (Lipinski definition) is 4. The standard InChI is InChI=1S/C9H17N3O2/c1-7(2)12-9(4-5-14-3)8(6-13)10-11-12/h7,13H,4-6H2,1-3H3. The zero-order valence-electron chi connectivity index (χ0n) is 8.90. The van der Waals surface area contributed by atoms with Crippen LogP contribution in [-0.2, 0) is 17.8 Å². The topological polar surface area (TPSA) is 60.2 Å². The SMILES string of the molecule is COCCc1c(CO)nnn1C(C)C. The first-order valence-electron chi connectivity index (χ1n) is 4.73. The first-order valence-corrected chi connectivity index (χ1v) is 4.73. The summed E-state index contributed by atoms with van der Waals surface area (Å²) in [7, 11) is 1.65. The lowest BCUT2D eigenvalue weighted by Crippen LogP contribution is -2.10. The van der Waals surface area contributed by atoms with Crippen LogP contribution in [-0.4, -0.2) is 33.8 Å². The van der Waals surface area contributed by atoms with Gasteiger partial charge in [0.05, 0.1) is 18.9 Å². The zero-order chi connectivity index (χ0) is 10.6. The number of rotatable bonds is 5. The predicted molar refractivity (Wildman–Crippen MR) is 51.9 cm³/mol. The third-order valence-electron chi connectivity index (χ3n) is 2.05. The highest BCUT2D eigenvalue weighted by Crippen LogP contribution is 2.12. The third kappa shape index (κ3) is 2.30. The van der Waals surface area contributed by atoms with Crippen LogP contribution < -0.4 is 0 Å². The monoisotopic (exact) mass is 199 g/mol. The van der Waals surface area contributed by atoms with E-state index >= 15 is 0 Å². The number of aromatic nitrogens is 3. The molecule has 0 radical (unpaired) electrons. The predicted octanol–water partition coefficient (Wildman–Crippen LogP) is 0.540. The molecule has 1 N–H and O–H groups in total. The molecule has 14 heavy (non-hydrogen) atoms. The van der Waals surface area contributed by atoms with Gasteiger partial charge >= 0.3 is 0 Å². The smallest absolute Gasteiger partial charge is 0.111 e. The number of aliphatic hydroxyl groups is 1. The minimum Gasteiger partial charge on any atom is -0.390 e. The Hall–Kier alpha value is -0.940. The van der Waals surface area contributed by atoms with E-state index in [2.05, 4.69) is 10.3 Å². The average molecular weight is 199 g/mol. The molecule has 5 heteroatoms. The Morgan fingerprint density at radius 3 is 2.71 bits per heavy atom. The molecule has 0 aliphatic carbocycles. The van der Waals surface area contributed by atoms with Crippen LogP contribution in [0.2, 0.25) is 0 Å². The van der Waals surface area contributed by atoms with E-state index in [0.29, 0.717) is 12.3 Å². The first-order chi connectivity index (χ1) is 6.70. The average Bonchev–Trinajstić information content (AvgIpc) is 2.57. The Kier molecular flexibility index (Phi) is 4.03. The summed E-state index contributed by atoms with van der Waals surface area (Å²) in [4.78, 5) is 0. The van der Waals surface area contributed by atoms with E-state index in [-0.39, 0.29) is 12.6 Å². The van der Waals surface area contributed by atoms with E-state index in [1.165, 1.54) is 0 Å². The van der Waals surface area contributed by atoms with E-state index in [1.54, 1.807) is 7.11 Å². The lowest BCUT2D eigenvalue weighted by molar-refractivity contribution is 0.198. The van der Waals surface area contributed by atoms with Gasteiger partial charge in [-0.05, 0) is 13.8 Å². The summed E-state index contributed by atoms with van der Waals surface area (Å²) in [5, 5.41) is 17.0. The Morgan fingerprint density at radius 2 is 2.21 bits per heavy atom. The summed E-state index contributed by atoms with van der Waals surface area (Å²) in [5.74, 6) is 0. The van der Waals surface area contributed by atoms with E-state index in [1.807, 2.05) is 18.5 Å². The molecule has 1 heterocycles. The molecule has 0 amide bonds. The summed E-state index contributed by atoms with van der Waals surface area (Å²) >= 11 is 0. The van der Waals surface area contributed by atoms with Crippen molar-refractivity contribution < 1.29 is 9.84 Å². The van der Waals surface area contributed by atoms with Gasteiger partial charge in [0.1, 0.15) is 5.69 Å². The van der Waals surface area contributed by atoms with Gasteiger partial charge < -0.3 is 9.84 Å². The molecule has 0 saturated carbocycles. The van der Waals surface area contributed by atoms with E-state index in [0.717, 1.165) is 12.1 Å². The van der Waals surface area contributed by atoms with Crippen molar-refractivity contribution in [2.24, 2.45) is 0 Å². The molecule has 0 aliphatic heterocycles. The molecule has 0 aromatic carbocycles. The summed E-state index contributed by atoms with van der Waals surface area (Å²) in [6.07, 6.45) is 0.734. The number of ether oxygens (including phenoxy) is 1. The van der Waals surface area contributed by atoms with Gasteiger partial charge in [0.25, 0.3) is 0 Å². The highest BCUT2D eigenvalue weighted by Gasteiger charge is 2.13. The third-order valence-corrected chi connectivity index (χ3v) is 2.05. The van der Waals surface area contributed by atoms with Gasteiger partial charge in [0, 0.05) is 19.6 Å². The number of aliphatic hydroxyl groups excluding tert-OH is 1. The van der Waals surface area contributed by atoms with Crippen LogP contribution in [0.15, 0.2) is 0 Å². The van der Waals surface area contributed by atoms with E-state index < -0.39 is 0 Å². The fraction of sp³-hybridized carbons (Fsp3) is 0.778. The molecule has 0 atom stereocenters. The summed E-state index contributed by atoms with van der Waals surface area (Å²) < 4.78 is 6.82. The largest absolute Gasteiger partial charge is 0.390 e. The summed E-state index contributed by atoms with van der Waals surface area (Å²) in [6.45, 7) is 4.62. The Labute approximate surface area is 83.7 Å². The summed E-state index contributed by atoms with van der Waals surface area (Å²) in [6, 6.07) is 0.259. The van der Waals surface area contributed by atoms with Gasteiger partial charge in [0.15, 0.2) is 0 Å². The minimum absolute atomic E-state index is 0.0637. The van der Waals surface area contributed by atoms with Crippen molar-refractivity contribution in [1.82, 2.24) is 15.0 Å². The fourth-order valence-corrected chi connectivity index (χ4v) is 1.34. The van der Waals surface area contributed by atoms with Crippen molar-refractivity contribution in [2.75, 3.05) is 13.7 Å². The van der Waals surface area contributed by atoms with Crippen molar-refractivity contribution in [3.8, 4) is 0 Å². The molecule has 0 aliphatic rings. The molecule has 1 aromatic rings. The van der Waals surface area contributed by atoms with Gasteiger partial charge in [-0.25, -0.2) is 4.68 Å². The Bertz CT molecular complexity index is 284. The van der Waals surface area contributed by atoms with E-state index in [4.69, 9.17) is 9.84 Å². The maximum absolute atomic E-state index is 9.06. The maximum Gasteiger partial charge on any atom is 0.111 e. The molecule has 0 unspecified atom stereocenters. The van der Waals surface area contributed by atoms with Crippen LogP contribution in [0.1, 0.15) is 31.3 Å². The van der Waals surface area contributed by atoms with Gasteiger partial charge in [-0.2, -0.15) is 0 Å². The van der Waals surface area contributed by atoms with Crippen LogP contribution in [0.5, 0.6) is 0 Å². The Morgan fingerprint density at radius 1 is 1.50 bits per heavy atom. The number of hydrogen-bond donors (Lipinski definition) is 1. The molecule has 1 rings (SSSR count). The lowest BCUT2D eigenvalue weighted by atomic mass is 10.2.